The van der Waals surface area contributed by atoms with E-state index in [-0.39, 0.29) is 17.5 Å². The van der Waals surface area contributed by atoms with Crippen molar-refractivity contribution in [1.29, 1.82) is 0 Å². The number of hydrogen-bond acceptors (Lipinski definition) is 5. The molecule has 6 rings (SSSR count). The van der Waals surface area contributed by atoms with Crippen molar-refractivity contribution in [3.05, 3.63) is 35.7 Å². The normalized spacial score (nSPS) is 29.0. The second-order valence-corrected chi connectivity index (χ2v) is 11.5. The standard InChI is InChI=1S/C24H31N5O2S/c1-14-4-5-15(2)20(6-14)29-13-25-28-23(29)32-16(3)21(30)26-22(31)27-24-10-17-7-18(11-24)9-19(8-17)12-24/h4-6,13,16-19H,7-12H2,1-3H3,(H2,26,27,30,31). The first-order chi connectivity index (χ1) is 15.3. The molecule has 0 spiro atoms. The van der Waals surface area contributed by atoms with E-state index in [1.807, 2.05) is 18.4 Å². The summed E-state index contributed by atoms with van der Waals surface area (Å²) in [6.45, 7) is 5.87. The van der Waals surface area contributed by atoms with Crippen LogP contribution in [0.3, 0.4) is 0 Å². The molecule has 0 aliphatic heterocycles. The minimum Gasteiger partial charge on any atom is -0.332 e. The van der Waals surface area contributed by atoms with Gasteiger partial charge in [0.15, 0.2) is 5.16 Å². The number of imide groups is 1. The van der Waals surface area contributed by atoms with E-state index >= 15 is 0 Å². The first-order valence-corrected chi connectivity index (χ1v) is 12.5. The lowest BCUT2D eigenvalue weighted by Gasteiger charge is -2.56. The Morgan fingerprint density at radius 1 is 1.12 bits per heavy atom. The van der Waals surface area contributed by atoms with Crippen molar-refractivity contribution in [2.24, 2.45) is 17.8 Å². The molecule has 4 aliphatic carbocycles. The highest BCUT2D eigenvalue weighted by Crippen LogP contribution is 2.55. The number of carbonyl (C=O) groups is 2. The quantitative estimate of drug-likeness (QED) is 0.664. The SMILES string of the molecule is Cc1ccc(C)c(-n2cnnc2SC(C)C(=O)NC(=O)NC23CC4CC(CC(C4)C2)C3)c1. The molecule has 32 heavy (non-hydrogen) atoms. The lowest BCUT2D eigenvalue weighted by molar-refractivity contribution is -0.119. The van der Waals surface area contributed by atoms with Crippen molar-refractivity contribution in [3.63, 3.8) is 0 Å². The number of hydrogen-bond donors (Lipinski definition) is 2. The lowest BCUT2D eigenvalue weighted by atomic mass is 9.53. The van der Waals surface area contributed by atoms with E-state index in [0.29, 0.717) is 5.16 Å². The van der Waals surface area contributed by atoms with Crippen molar-refractivity contribution >= 4 is 23.7 Å². The van der Waals surface area contributed by atoms with E-state index < -0.39 is 5.25 Å². The van der Waals surface area contributed by atoms with Crippen LogP contribution in [0.25, 0.3) is 5.69 Å². The van der Waals surface area contributed by atoms with E-state index in [9.17, 15) is 9.59 Å². The molecule has 1 aromatic carbocycles. The third-order valence-electron chi connectivity index (χ3n) is 7.45. The number of amides is 3. The summed E-state index contributed by atoms with van der Waals surface area (Å²) in [5, 5.41) is 14.2. The van der Waals surface area contributed by atoms with Crippen molar-refractivity contribution in [1.82, 2.24) is 25.4 Å². The Morgan fingerprint density at radius 3 is 2.44 bits per heavy atom. The molecule has 1 aromatic heterocycles. The second-order valence-electron chi connectivity index (χ2n) is 10.2. The monoisotopic (exact) mass is 453 g/mol. The first kappa shape index (κ1) is 21.5. The van der Waals surface area contributed by atoms with Crippen molar-refractivity contribution in [2.45, 2.75) is 75.2 Å². The highest BCUT2D eigenvalue weighted by atomic mass is 32.2. The van der Waals surface area contributed by atoms with Crippen LogP contribution in [0.15, 0.2) is 29.7 Å². The zero-order valence-electron chi connectivity index (χ0n) is 18.9. The first-order valence-electron chi connectivity index (χ1n) is 11.6. The van der Waals surface area contributed by atoms with Crippen molar-refractivity contribution < 1.29 is 9.59 Å². The van der Waals surface area contributed by atoms with Gasteiger partial charge in [0, 0.05) is 5.54 Å². The van der Waals surface area contributed by atoms with Crippen molar-refractivity contribution in [2.75, 3.05) is 0 Å². The van der Waals surface area contributed by atoms with Gasteiger partial charge in [0.1, 0.15) is 6.33 Å². The van der Waals surface area contributed by atoms with E-state index in [1.54, 1.807) is 13.3 Å². The van der Waals surface area contributed by atoms with Gasteiger partial charge in [-0.2, -0.15) is 0 Å². The second kappa shape index (κ2) is 8.21. The maximum absolute atomic E-state index is 12.8. The molecule has 4 bridgehead atoms. The number of urea groups is 1. The van der Waals surface area contributed by atoms with Gasteiger partial charge in [0.2, 0.25) is 5.91 Å². The average molecular weight is 454 g/mol. The largest absolute Gasteiger partial charge is 0.332 e. The van der Waals surface area contributed by atoms with Crippen LogP contribution < -0.4 is 10.6 Å². The fourth-order valence-corrected chi connectivity index (χ4v) is 7.25. The Morgan fingerprint density at radius 2 is 1.78 bits per heavy atom. The third-order valence-corrected chi connectivity index (χ3v) is 8.50. The van der Waals surface area contributed by atoms with Gasteiger partial charge in [-0.1, -0.05) is 23.9 Å². The van der Waals surface area contributed by atoms with Gasteiger partial charge in [-0.05, 0) is 94.2 Å². The predicted octanol–water partition coefficient (Wildman–Crippen LogP) is 4.16. The van der Waals surface area contributed by atoms with Gasteiger partial charge in [-0.3, -0.25) is 14.7 Å². The van der Waals surface area contributed by atoms with Crippen LogP contribution in [-0.2, 0) is 4.79 Å². The maximum Gasteiger partial charge on any atom is 0.321 e. The summed E-state index contributed by atoms with van der Waals surface area (Å²) in [5.74, 6) is 1.90. The molecule has 8 heteroatoms. The molecule has 4 aliphatic rings. The van der Waals surface area contributed by atoms with E-state index in [4.69, 9.17) is 0 Å². The number of aryl methyl sites for hydroxylation is 2. The fourth-order valence-electron chi connectivity index (χ4n) is 6.41. The number of nitrogens with one attached hydrogen (secondary N) is 2. The average Bonchev–Trinajstić information content (AvgIpc) is 3.16. The molecular weight excluding hydrogens is 422 g/mol. The third kappa shape index (κ3) is 4.17. The van der Waals surface area contributed by atoms with Crippen LogP contribution in [0.1, 0.15) is 56.6 Å². The molecule has 4 saturated carbocycles. The van der Waals surface area contributed by atoms with Gasteiger partial charge in [0.05, 0.1) is 10.9 Å². The van der Waals surface area contributed by atoms with Gasteiger partial charge in [0.25, 0.3) is 0 Å². The van der Waals surface area contributed by atoms with Crippen molar-refractivity contribution in [3.8, 4) is 5.69 Å². The molecule has 170 valence electrons. The lowest BCUT2D eigenvalue weighted by Crippen LogP contribution is -2.62. The van der Waals surface area contributed by atoms with Crippen LogP contribution >= 0.6 is 11.8 Å². The van der Waals surface area contributed by atoms with Gasteiger partial charge in [-0.25, -0.2) is 4.79 Å². The number of carbonyl (C=O) groups excluding carboxylic acids is 2. The van der Waals surface area contributed by atoms with Crippen LogP contribution in [0.2, 0.25) is 0 Å². The number of benzene rings is 1. The zero-order chi connectivity index (χ0) is 22.5. The van der Waals surface area contributed by atoms with Gasteiger partial charge < -0.3 is 5.32 Å². The summed E-state index contributed by atoms with van der Waals surface area (Å²) in [6.07, 6.45) is 8.79. The highest BCUT2D eigenvalue weighted by Gasteiger charge is 2.51. The van der Waals surface area contributed by atoms with E-state index in [2.05, 4.69) is 39.0 Å². The Balaban J connectivity index is 1.21. The topological polar surface area (TPSA) is 88.9 Å². The zero-order valence-corrected chi connectivity index (χ0v) is 19.7. The Kier molecular flexibility index (Phi) is 5.51. The Labute approximate surface area is 193 Å². The molecule has 3 amide bonds. The molecule has 1 heterocycles. The summed E-state index contributed by atoms with van der Waals surface area (Å²) in [6, 6.07) is 5.84. The van der Waals surface area contributed by atoms with Crippen LogP contribution in [0.5, 0.6) is 0 Å². The molecule has 4 fully saturated rings. The Hall–Kier alpha value is -2.35. The van der Waals surface area contributed by atoms with Crippen LogP contribution in [-0.4, -0.2) is 37.5 Å². The van der Waals surface area contributed by atoms with Crippen LogP contribution in [0.4, 0.5) is 4.79 Å². The molecule has 2 N–H and O–H groups in total. The molecule has 2 aromatic rings. The minimum absolute atomic E-state index is 0.113. The summed E-state index contributed by atoms with van der Waals surface area (Å²) < 4.78 is 1.90. The molecule has 7 nitrogen and oxygen atoms in total. The number of thioether (sulfide) groups is 1. The van der Waals surface area contributed by atoms with E-state index in [1.165, 1.54) is 31.0 Å². The Bertz CT molecular complexity index is 1010. The predicted molar refractivity (Wildman–Crippen MR) is 124 cm³/mol. The minimum atomic E-state index is -0.481. The molecule has 0 saturated heterocycles. The number of aromatic nitrogens is 3. The fraction of sp³-hybridized carbons (Fsp3) is 0.583. The molecular formula is C24H31N5O2S. The summed E-state index contributed by atoms with van der Waals surface area (Å²) in [4.78, 5) is 25.5. The van der Waals surface area contributed by atoms with E-state index in [0.717, 1.165) is 53.8 Å². The summed E-state index contributed by atoms with van der Waals surface area (Å²) in [5.41, 5.74) is 3.12. The summed E-state index contributed by atoms with van der Waals surface area (Å²) in [7, 11) is 0. The molecule has 1 atom stereocenters. The van der Waals surface area contributed by atoms with Gasteiger partial charge in [-0.15, -0.1) is 10.2 Å². The highest BCUT2D eigenvalue weighted by molar-refractivity contribution is 8.00. The molecule has 1 unspecified atom stereocenters. The smallest absolute Gasteiger partial charge is 0.321 e. The van der Waals surface area contributed by atoms with Crippen LogP contribution in [0, 0.1) is 31.6 Å². The maximum atomic E-state index is 12.8. The number of rotatable bonds is 5. The molecule has 0 radical (unpaired) electrons. The number of nitrogens with zero attached hydrogens (tertiary/aromatic N) is 3. The summed E-state index contributed by atoms with van der Waals surface area (Å²) >= 11 is 1.30. The van der Waals surface area contributed by atoms with Gasteiger partial charge >= 0.3 is 6.03 Å².